The highest BCUT2D eigenvalue weighted by atomic mass is 16.5. The Morgan fingerprint density at radius 2 is 1.53 bits per heavy atom. The Bertz CT molecular complexity index is 499. The number of methoxy groups -OCH3 is 3. The molecule has 0 aliphatic rings. The molecule has 0 spiro atoms. The van der Waals surface area contributed by atoms with E-state index in [1.165, 1.54) is 33.5 Å². The summed E-state index contributed by atoms with van der Waals surface area (Å²) in [5.74, 6) is -1.38. The van der Waals surface area contributed by atoms with E-state index in [1.54, 1.807) is 0 Å². The summed E-state index contributed by atoms with van der Waals surface area (Å²) in [7, 11) is 4.18. The molecule has 0 aliphatic heterocycles. The second kappa shape index (κ2) is 6.05. The number of carbonyl (C=O) groups is 2. The van der Waals surface area contributed by atoms with Gasteiger partial charge in [-0.1, -0.05) is 0 Å². The second-order valence-corrected chi connectivity index (χ2v) is 3.59. The summed E-state index contributed by atoms with van der Waals surface area (Å²) >= 11 is 0. The van der Waals surface area contributed by atoms with E-state index >= 15 is 0 Å². The number of carboxylic acids is 1. The number of ether oxygens (including phenoxy) is 3. The number of aliphatic carboxylic acids is 1. The second-order valence-electron chi connectivity index (χ2n) is 3.59. The van der Waals surface area contributed by atoms with Gasteiger partial charge in [0.25, 0.3) is 0 Å². The molecule has 0 saturated carbocycles. The monoisotopic (exact) mass is 269 g/mol. The van der Waals surface area contributed by atoms with Gasteiger partial charge in [-0.15, -0.1) is 0 Å². The van der Waals surface area contributed by atoms with E-state index in [9.17, 15) is 9.59 Å². The fraction of sp³-hybridized carbons (Fsp3) is 0.333. The van der Waals surface area contributed by atoms with Crippen molar-refractivity contribution in [1.29, 1.82) is 0 Å². The highest BCUT2D eigenvalue weighted by molar-refractivity contribution is 6.13. The van der Waals surface area contributed by atoms with Gasteiger partial charge in [0.2, 0.25) is 0 Å². The van der Waals surface area contributed by atoms with E-state index in [0.717, 1.165) is 0 Å². The Morgan fingerprint density at radius 1 is 1.05 bits per heavy atom. The number of Topliss-reactive ketones (excluding diaryl/α,β-unsaturated/α-hetero) is 1. The standard InChI is InChI=1S/C12H15NO6/c1-17-7-5-9(19-3)8(18-2)4-6(7)11(14)10(13)12(15)16/h4-5,10H,13H2,1-3H3,(H,15,16). The lowest BCUT2D eigenvalue weighted by Gasteiger charge is -2.14. The van der Waals surface area contributed by atoms with Gasteiger partial charge >= 0.3 is 5.97 Å². The molecule has 7 heteroatoms. The Kier molecular flexibility index (Phi) is 4.71. The third-order valence-corrected chi connectivity index (χ3v) is 2.52. The summed E-state index contributed by atoms with van der Waals surface area (Å²) < 4.78 is 15.1. The van der Waals surface area contributed by atoms with Crippen LogP contribution in [-0.2, 0) is 4.79 Å². The van der Waals surface area contributed by atoms with Crippen LogP contribution in [0.4, 0.5) is 0 Å². The van der Waals surface area contributed by atoms with E-state index < -0.39 is 17.8 Å². The molecular formula is C12H15NO6. The van der Waals surface area contributed by atoms with E-state index in [1.807, 2.05) is 0 Å². The lowest BCUT2D eigenvalue weighted by Crippen LogP contribution is -2.38. The van der Waals surface area contributed by atoms with Gasteiger partial charge in [0.15, 0.2) is 23.3 Å². The molecule has 0 aliphatic carbocycles. The van der Waals surface area contributed by atoms with E-state index in [2.05, 4.69) is 0 Å². The quantitative estimate of drug-likeness (QED) is 0.565. The summed E-state index contributed by atoms with van der Waals surface area (Å²) in [6, 6.07) is 1.11. The van der Waals surface area contributed by atoms with Crippen LogP contribution in [0.25, 0.3) is 0 Å². The van der Waals surface area contributed by atoms with Gasteiger partial charge in [0.1, 0.15) is 5.75 Å². The van der Waals surface area contributed by atoms with Crippen LogP contribution < -0.4 is 19.9 Å². The highest BCUT2D eigenvalue weighted by Gasteiger charge is 2.27. The molecule has 1 unspecified atom stereocenters. The van der Waals surface area contributed by atoms with E-state index in [4.69, 9.17) is 25.1 Å². The van der Waals surface area contributed by atoms with Crippen molar-refractivity contribution in [3.8, 4) is 17.2 Å². The molecule has 1 aromatic carbocycles. The minimum absolute atomic E-state index is 0.0232. The third kappa shape index (κ3) is 2.94. The zero-order chi connectivity index (χ0) is 14.6. The van der Waals surface area contributed by atoms with Crippen LogP contribution in [0.2, 0.25) is 0 Å². The van der Waals surface area contributed by atoms with Gasteiger partial charge in [0, 0.05) is 6.07 Å². The molecule has 1 aromatic rings. The average Bonchev–Trinajstić information content (AvgIpc) is 2.43. The molecule has 0 heterocycles. The molecule has 0 aromatic heterocycles. The predicted molar refractivity (Wildman–Crippen MR) is 66.0 cm³/mol. The molecule has 0 fully saturated rings. The molecule has 7 nitrogen and oxygen atoms in total. The van der Waals surface area contributed by atoms with Gasteiger partial charge in [0.05, 0.1) is 26.9 Å². The Hall–Kier alpha value is -2.28. The normalized spacial score (nSPS) is 11.6. The van der Waals surface area contributed by atoms with Crippen molar-refractivity contribution in [2.45, 2.75) is 6.04 Å². The van der Waals surface area contributed by atoms with Gasteiger partial charge in [-0.2, -0.15) is 0 Å². The maximum Gasteiger partial charge on any atom is 0.328 e. The van der Waals surface area contributed by atoms with Gasteiger partial charge in [-0.3, -0.25) is 9.59 Å². The van der Waals surface area contributed by atoms with Crippen molar-refractivity contribution in [3.63, 3.8) is 0 Å². The molecule has 1 rings (SSSR count). The van der Waals surface area contributed by atoms with Crippen LogP contribution in [0.15, 0.2) is 12.1 Å². The average molecular weight is 269 g/mol. The van der Waals surface area contributed by atoms with Gasteiger partial charge in [-0.05, 0) is 6.07 Å². The molecule has 3 N–H and O–H groups in total. The number of rotatable bonds is 6. The van der Waals surface area contributed by atoms with Crippen LogP contribution in [0.3, 0.4) is 0 Å². The van der Waals surface area contributed by atoms with Gasteiger partial charge < -0.3 is 25.1 Å². The van der Waals surface area contributed by atoms with Crippen LogP contribution in [0.5, 0.6) is 17.2 Å². The molecule has 1 atom stereocenters. The van der Waals surface area contributed by atoms with Crippen LogP contribution in [0, 0.1) is 0 Å². The molecule has 0 radical (unpaired) electrons. The van der Waals surface area contributed by atoms with Crippen molar-refractivity contribution < 1.29 is 28.9 Å². The summed E-state index contributed by atoms with van der Waals surface area (Å²) in [5, 5.41) is 8.76. The molecule has 0 saturated heterocycles. The topological polar surface area (TPSA) is 108 Å². The smallest absolute Gasteiger partial charge is 0.328 e. The predicted octanol–water partition coefficient (Wildman–Crippen LogP) is 0.307. The third-order valence-electron chi connectivity index (χ3n) is 2.52. The summed E-state index contributed by atoms with van der Waals surface area (Å²) in [6.45, 7) is 0. The van der Waals surface area contributed by atoms with Crippen molar-refractivity contribution in [2.75, 3.05) is 21.3 Å². The van der Waals surface area contributed by atoms with Crippen LogP contribution in [0.1, 0.15) is 10.4 Å². The Morgan fingerprint density at radius 3 is 1.95 bits per heavy atom. The van der Waals surface area contributed by atoms with Crippen LogP contribution in [-0.4, -0.2) is 44.2 Å². The van der Waals surface area contributed by atoms with E-state index in [0.29, 0.717) is 5.75 Å². The SMILES string of the molecule is COc1cc(OC)c(C(=O)C(N)C(=O)O)cc1OC. The first kappa shape index (κ1) is 14.8. The minimum atomic E-state index is -1.66. The number of benzene rings is 1. The largest absolute Gasteiger partial charge is 0.496 e. The van der Waals surface area contributed by atoms with Crippen molar-refractivity contribution in [3.05, 3.63) is 17.7 Å². The molecular weight excluding hydrogens is 254 g/mol. The fourth-order valence-electron chi connectivity index (χ4n) is 1.50. The maximum atomic E-state index is 12.0. The first-order valence-corrected chi connectivity index (χ1v) is 5.28. The first-order valence-electron chi connectivity index (χ1n) is 5.28. The fourth-order valence-corrected chi connectivity index (χ4v) is 1.50. The number of hydrogen-bond donors (Lipinski definition) is 2. The Balaban J connectivity index is 3.33. The molecule has 0 bridgehead atoms. The maximum absolute atomic E-state index is 12.0. The Labute approximate surface area is 109 Å². The summed E-state index contributed by atoms with van der Waals surface area (Å²) in [6.07, 6.45) is 0. The minimum Gasteiger partial charge on any atom is -0.496 e. The first-order chi connectivity index (χ1) is 8.96. The number of ketones is 1. The number of carboxylic acid groups (broad SMARTS) is 1. The summed E-state index contributed by atoms with van der Waals surface area (Å²) in [5.41, 5.74) is 5.32. The van der Waals surface area contributed by atoms with Crippen LogP contribution >= 0.6 is 0 Å². The number of hydrogen-bond acceptors (Lipinski definition) is 6. The molecule has 104 valence electrons. The lowest BCUT2D eigenvalue weighted by molar-refractivity contribution is -0.137. The van der Waals surface area contributed by atoms with Gasteiger partial charge in [-0.25, -0.2) is 0 Å². The number of carbonyl (C=O) groups excluding carboxylic acids is 1. The molecule has 19 heavy (non-hydrogen) atoms. The number of nitrogens with two attached hydrogens (primary N) is 1. The highest BCUT2D eigenvalue weighted by Crippen LogP contribution is 2.35. The van der Waals surface area contributed by atoms with Crippen molar-refractivity contribution in [2.24, 2.45) is 5.73 Å². The molecule has 0 amide bonds. The lowest BCUT2D eigenvalue weighted by atomic mass is 10.0. The van der Waals surface area contributed by atoms with Crippen molar-refractivity contribution in [1.82, 2.24) is 0 Å². The zero-order valence-corrected chi connectivity index (χ0v) is 10.8. The van der Waals surface area contributed by atoms with E-state index in [-0.39, 0.29) is 17.1 Å². The van der Waals surface area contributed by atoms with Crippen molar-refractivity contribution >= 4 is 11.8 Å². The summed E-state index contributed by atoms with van der Waals surface area (Å²) in [4.78, 5) is 22.7. The zero-order valence-electron chi connectivity index (χ0n) is 10.8.